The number of hydrogen-bond acceptors (Lipinski definition) is 6. The molecule has 0 atom stereocenters. The molecule has 0 spiro atoms. The standard InChI is InChI=1S/C20H21N3O6S/c24-18(22-20(26)21-12-14-5-2-1-3-6-14)13-29-19(25)15-7-4-8-17(11-15)30(27,28)23-16-9-10-16/h1-8,11,16,23H,9-10,12-13H2,(H2,21,22,24,26). The molecule has 1 fully saturated rings. The summed E-state index contributed by atoms with van der Waals surface area (Å²) in [5.74, 6) is -1.69. The Morgan fingerprint density at radius 2 is 1.73 bits per heavy atom. The summed E-state index contributed by atoms with van der Waals surface area (Å²) in [6.07, 6.45) is 1.57. The van der Waals surface area contributed by atoms with E-state index in [1.165, 1.54) is 24.3 Å². The molecule has 2 aromatic carbocycles. The highest BCUT2D eigenvalue weighted by Gasteiger charge is 2.28. The van der Waals surface area contributed by atoms with Crippen molar-refractivity contribution in [3.8, 4) is 0 Å². The third-order valence-electron chi connectivity index (χ3n) is 4.16. The van der Waals surface area contributed by atoms with Gasteiger partial charge in [0.15, 0.2) is 6.61 Å². The van der Waals surface area contributed by atoms with Crippen LogP contribution in [0.1, 0.15) is 28.8 Å². The summed E-state index contributed by atoms with van der Waals surface area (Å²) in [5, 5.41) is 4.56. The van der Waals surface area contributed by atoms with Crippen LogP contribution in [0.4, 0.5) is 4.79 Å². The summed E-state index contributed by atoms with van der Waals surface area (Å²) in [6.45, 7) is -0.454. The normalized spacial score (nSPS) is 13.3. The number of nitrogens with one attached hydrogen (secondary N) is 3. The highest BCUT2D eigenvalue weighted by atomic mass is 32.2. The number of benzene rings is 2. The summed E-state index contributed by atoms with van der Waals surface area (Å²) in [7, 11) is -3.72. The molecule has 3 rings (SSSR count). The van der Waals surface area contributed by atoms with E-state index in [9.17, 15) is 22.8 Å². The van der Waals surface area contributed by atoms with Crippen LogP contribution in [0.15, 0.2) is 59.5 Å². The van der Waals surface area contributed by atoms with Gasteiger partial charge < -0.3 is 10.1 Å². The highest BCUT2D eigenvalue weighted by molar-refractivity contribution is 7.89. The molecule has 0 bridgehead atoms. The summed E-state index contributed by atoms with van der Waals surface area (Å²) >= 11 is 0. The number of urea groups is 1. The van der Waals surface area contributed by atoms with Gasteiger partial charge in [-0.15, -0.1) is 0 Å². The Hall–Kier alpha value is -3.24. The Labute approximate surface area is 173 Å². The van der Waals surface area contributed by atoms with Crippen molar-refractivity contribution >= 4 is 27.9 Å². The SMILES string of the molecule is O=C(COC(=O)c1cccc(S(=O)(=O)NC2CC2)c1)NC(=O)NCc1ccccc1. The van der Waals surface area contributed by atoms with Crippen LogP contribution in [0.2, 0.25) is 0 Å². The van der Waals surface area contributed by atoms with Crippen molar-refractivity contribution in [3.05, 3.63) is 65.7 Å². The molecular weight excluding hydrogens is 410 g/mol. The van der Waals surface area contributed by atoms with Crippen molar-refractivity contribution in [2.45, 2.75) is 30.3 Å². The number of imide groups is 1. The second-order valence-electron chi connectivity index (χ2n) is 6.72. The van der Waals surface area contributed by atoms with E-state index in [-0.39, 0.29) is 23.0 Å². The molecule has 0 saturated heterocycles. The lowest BCUT2D eigenvalue weighted by Crippen LogP contribution is -2.41. The summed E-state index contributed by atoms with van der Waals surface area (Å²) in [6, 6.07) is 13.7. The maximum absolute atomic E-state index is 12.2. The van der Waals surface area contributed by atoms with Crippen molar-refractivity contribution in [2.75, 3.05) is 6.61 Å². The minimum Gasteiger partial charge on any atom is -0.452 e. The molecule has 0 unspecified atom stereocenters. The molecule has 0 heterocycles. The number of amides is 3. The number of esters is 1. The first kappa shape index (κ1) is 21.5. The van der Waals surface area contributed by atoms with Gasteiger partial charge in [-0.3, -0.25) is 10.1 Å². The zero-order valence-corrected chi connectivity index (χ0v) is 16.8. The zero-order chi connectivity index (χ0) is 21.6. The molecule has 1 aliphatic rings. The van der Waals surface area contributed by atoms with Gasteiger partial charge in [0.25, 0.3) is 5.91 Å². The third kappa shape index (κ3) is 6.39. The van der Waals surface area contributed by atoms with Gasteiger partial charge in [-0.25, -0.2) is 22.7 Å². The molecule has 3 amide bonds. The van der Waals surface area contributed by atoms with Gasteiger partial charge in [0.2, 0.25) is 10.0 Å². The second kappa shape index (κ2) is 9.51. The lowest BCUT2D eigenvalue weighted by Gasteiger charge is -2.09. The Morgan fingerprint density at radius 1 is 1.00 bits per heavy atom. The van der Waals surface area contributed by atoms with E-state index in [4.69, 9.17) is 4.74 Å². The Bertz CT molecular complexity index is 1040. The van der Waals surface area contributed by atoms with Crippen LogP contribution in [0.3, 0.4) is 0 Å². The minimum atomic E-state index is -3.72. The van der Waals surface area contributed by atoms with E-state index >= 15 is 0 Å². The van der Waals surface area contributed by atoms with Crippen LogP contribution in [0.25, 0.3) is 0 Å². The summed E-state index contributed by atoms with van der Waals surface area (Å²) in [4.78, 5) is 35.6. The Morgan fingerprint density at radius 3 is 2.43 bits per heavy atom. The van der Waals surface area contributed by atoms with Crippen molar-refractivity contribution in [2.24, 2.45) is 0 Å². The molecule has 0 aliphatic heterocycles. The van der Waals surface area contributed by atoms with Gasteiger partial charge in [-0.2, -0.15) is 0 Å². The largest absolute Gasteiger partial charge is 0.452 e. The average molecular weight is 431 g/mol. The zero-order valence-electron chi connectivity index (χ0n) is 16.0. The monoisotopic (exact) mass is 431 g/mol. The molecular formula is C20H21N3O6S. The van der Waals surface area contributed by atoms with Crippen LogP contribution in [-0.2, 0) is 26.1 Å². The fourth-order valence-corrected chi connectivity index (χ4v) is 3.83. The van der Waals surface area contributed by atoms with E-state index in [1.54, 1.807) is 0 Å². The van der Waals surface area contributed by atoms with Crippen molar-refractivity contribution < 1.29 is 27.5 Å². The number of ether oxygens (including phenoxy) is 1. The smallest absolute Gasteiger partial charge is 0.338 e. The highest BCUT2D eigenvalue weighted by Crippen LogP contribution is 2.22. The van der Waals surface area contributed by atoms with Gasteiger partial charge >= 0.3 is 12.0 Å². The summed E-state index contributed by atoms with van der Waals surface area (Å²) in [5.41, 5.74) is 0.840. The van der Waals surface area contributed by atoms with E-state index in [1.807, 2.05) is 35.6 Å². The fraction of sp³-hybridized carbons (Fsp3) is 0.250. The Kier molecular flexibility index (Phi) is 6.80. The molecule has 158 valence electrons. The minimum absolute atomic E-state index is 0.0185. The average Bonchev–Trinajstić information content (AvgIpc) is 3.54. The molecule has 1 saturated carbocycles. The molecule has 0 radical (unpaired) electrons. The number of sulfonamides is 1. The molecule has 0 aromatic heterocycles. The van der Waals surface area contributed by atoms with Crippen LogP contribution in [0.5, 0.6) is 0 Å². The first-order valence-corrected chi connectivity index (χ1v) is 10.7. The van der Waals surface area contributed by atoms with Gasteiger partial charge in [0, 0.05) is 12.6 Å². The summed E-state index contributed by atoms with van der Waals surface area (Å²) < 4.78 is 31.9. The van der Waals surface area contributed by atoms with Crippen LogP contribution < -0.4 is 15.4 Å². The molecule has 30 heavy (non-hydrogen) atoms. The second-order valence-corrected chi connectivity index (χ2v) is 8.43. The van der Waals surface area contributed by atoms with E-state index in [2.05, 4.69) is 10.0 Å². The van der Waals surface area contributed by atoms with Crippen molar-refractivity contribution in [3.63, 3.8) is 0 Å². The van der Waals surface area contributed by atoms with Crippen LogP contribution in [0, 0.1) is 0 Å². The molecule has 3 N–H and O–H groups in total. The van der Waals surface area contributed by atoms with Crippen LogP contribution in [-0.4, -0.2) is 39.0 Å². The third-order valence-corrected chi connectivity index (χ3v) is 5.68. The van der Waals surface area contributed by atoms with E-state index < -0.39 is 34.5 Å². The number of carbonyl (C=O) groups excluding carboxylic acids is 3. The van der Waals surface area contributed by atoms with Crippen molar-refractivity contribution in [1.29, 1.82) is 0 Å². The van der Waals surface area contributed by atoms with Gasteiger partial charge in [-0.1, -0.05) is 36.4 Å². The Balaban J connectivity index is 1.47. The van der Waals surface area contributed by atoms with E-state index in [0.717, 1.165) is 18.4 Å². The maximum atomic E-state index is 12.2. The lowest BCUT2D eigenvalue weighted by molar-refractivity contribution is -0.123. The number of rotatable bonds is 8. The topological polar surface area (TPSA) is 131 Å². The number of carbonyl (C=O) groups is 3. The lowest BCUT2D eigenvalue weighted by atomic mass is 10.2. The fourth-order valence-electron chi connectivity index (χ4n) is 2.48. The number of hydrogen-bond donors (Lipinski definition) is 3. The van der Waals surface area contributed by atoms with Crippen molar-refractivity contribution in [1.82, 2.24) is 15.4 Å². The first-order chi connectivity index (χ1) is 14.3. The molecule has 1 aliphatic carbocycles. The van der Waals surface area contributed by atoms with Gasteiger partial charge in [-0.05, 0) is 36.6 Å². The predicted molar refractivity (Wildman–Crippen MR) is 107 cm³/mol. The quantitative estimate of drug-likeness (QED) is 0.540. The molecule has 9 nitrogen and oxygen atoms in total. The first-order valence-electron chi connectivity index (χ1n) is 9.24. The van der Waals surface area contributed by atoms with Gasteiger partial charge in [0.05, 0.1) is 10.5 Å². The van der Waals surface area contributed by atoms with E-state index in [0.29, 0.717) is 0 Å². The maximum Gasteiger partial charge on any atom is 0.338 e. The van der Waals surface area contributed by atoms with Crippen LogP contribution >= 0.6 is 0 Å². The molecule has 10 heteroatoms. The van der Waals surface area contributed by atoms with Gasteiger partial charge in [0.1, 0.15) is 0 Å². The predicted octanol–water partition coefficient (Wildman–Crippen LogP) is 1.31. The molecule has 2 aromatic rings.